The average molecular weight is 415 g/mol. The van der Waals surface area contributed by atoms with Gasteiger partial charge in [-0.1, -0.05) is 35.0 Å². The Morgan fingerprint density at radius 1 is 1.19 bits per heavy atom. The van der Waals surface area contributed by atoms with Gasteiger partial charge < -0.3 is 5.32 Å². The molecule has 21 heavy (non-hydrogen) atoms. The van der Waals surface area contributed by atoms with Crippen LogP contribution >= 0.6 is 31.9 Å². The largest absolute Gasteiger partial charge is 0.308 e. The van der Waals surface area contributed by atoms with Gasteiger partial charge in [0.15, 0.2) is 0 Å². The normalized spacial score (nSPS) is 12.6. The summed E-state index contributed by atoms with van der Waals surface area (Å²) in [6, 6.07) is 8.80. The highest BCUT2D eigenvalue weighted by Crippen LogP contribution is 2.26. The van der Waals surface area contributed by atoms with Crippen LogP contribution in [0.15, 0.2) is 39.4 Å². The summed E-state index contributed by atoms with van der Waals surface area (Å²) in [5, 5.41) is 8.09. The van der Waals surface area contributed by atoms with Crippen LogP contribution in [0.3, 0.4) is 0 Å². The van der Waals surface area contributed by atoms with Crippen LogP contribution in [0.2, 0.25) is 0 Å². The van der Waals surface area contributed by atoms with E-state index in [1.165, 1.54) is 11.3 Å². The van der Waals surface area contributed by atoms with Crippen molar-refractivity contribution in [3.63, 3.8) is 0 Å². The number of halogens is 2. The Kier molecular flexibility index (Phi) is 6.45. The quantitative estimate of drug-likeness (QED) is 0.710. The molecule has 0 bridgehead atoms. The third kappa shape index (κ3) is 4.41. The van der Waals surface area contributed by atoms with Crippen molar-refractivity contribution in [2.45, 2.75) is 39.3 Å². The van der Waals surface area contributed by atoms with Gasteiger partial charge in [0, 0.05) is 11.0 Å². The van der Waals surface area contributed by atoms with Crippen molar-refractivity contribution in [3.05, 3.63) is 50.7 Å². The molecule has 0 radical (unpaired) electrons. The number of aromatic nitrogens is 2. The maximum Gasteiger partial charge on any atom is 0.0698 e. The molecule has 1 heterocycles. The predicted octanol–water partition coefficient (Wildman–Crippen LogP) is 4.71. The predicted molar refractivity (Wildman–Crippen MR) is 94.5 cm³/mol. The fourth-order valence-electron chi connectivity index (χ4n) is 2.41. The van der Waals surface area contributed by atoms with E-state index in [0.29, 0.717) is 0 Å². The van der Waals surface area contributed by atoms with Crippen molar-refractivity contribution >= 4 is 31.9 Å². The number of aryl methyl sites for hydroxylation is 1. The van der Waals surface area contributed by atoms with Gasteiger partial charge in [-0.2, -0.15) is 5.10 Å². The van der Waals surface area contributed by atoms with Crippen LogP contribution in [-0.2, 0) is 13.0 Å². The molecule has 1 aromatic carbocycles. The molecule has 2 rings (SSSR count). The maximum absolute atomic E-state index is 4.44. The first kappa shape index (κ1) is 16.7. The van der Waals surface area contributed by atoms with E-state index in [-0.39, 0.29) is 6.04 Å². The van der Waals surface area contributed by atoms with Gasteiger partial charge in [-0.25, -0.2) is 0 Å². The lowest BCUT2D eigenvalue weighted by Gasteiger charge is -2.20. The molecule has 5 heteroatoms. The second-order valence-electron chi connectivity index (χ2n) is 5.03. The van der Waals surface area contributed by atoms with Crippen LogP contribution in [0.1, 0.15) is 37.6 Å². The highest BCUT2D eigenvalue weighted by atomic mass is 79.9. The van der Waals surface area contributed by atoms with Gasteiger partial charge in [0.2, 0.25) is 0 Å². The van der Waals surface area contributed by atoms with Gasteiger partial charge in [-0.05, 0) is 59.9 Å². The first-order chi connectivity index (χ1) is 10.2. The topological polar surface area (TPSA) is 29.9 Å². The molecule has 3 nitrogen and oxygen atoms in total. The Bertz CT molecular complexity index is 563. The molecule has 0 saturated carbocycles. The first-order valence-electron chi connectivity index (χ1n) is 7.34. The second-order valence-corrected chi connectivity index (χ2v) is 6.80. The molecule has 0 aliphatic heterocycles. The molecule has 0 amide bonds. The van der Waals surface area contributed by atoms with E-state index in [1.807, 2.05) is 6.20 Å². The molecule has 1 unspecified atom stereocenters. The molecule has 114 valence electrons. The number of benzene rings is 1. The zero-order valence-corrected chi connectivity index (χ0v) is 15.6. The molecule has 0 spiro atoms. The molecule has 1 N–H and O–H groups in total. The van der Waals surface area contributed by atoms with Gasteiger partial charge in [0.05, 0.1) is 22.4 Å². The van der Waals surface area contributed by atoms with Crippen LogP contribution < -0.4 is 5.32 Å². The molecular formula is C16H21Br2N3. The summed E-state index contributed by atoms with van der Waals surface area (Å²) in [5.74, 6) is 0. The van der Waals surface area contributed by atoms with Crippen LogP contribution in [0, 0.1) is 0 Å². The zero-order valence-electron chi connectivity index (χ0n) is 12.4. The third-order valence-electron chi connectivity index (χ3n) is 3.46. The van der Waals surface area contributed by atoms with Crippen molar-refractivity contribution in [2.75, 3.05) is 6.54 Å². The minimum Gasteiger partial charge on any atom is -0.308 e. The molecule has 0 aliphatic rings. The van der Waals surface area contributed by atoms with E-state index in [4.69, 9.17) is 0 Å². The van der Waals surface area contributed by atoms with E-state index in [0.717, 1.165) is 34.9 Å². The highest BCUT2D eigenvalue weighted by molar-refractivity contribution is 9.10. The summed E-state index contributed by atoms with van der Waals surface area (Å²) >= 11 is 7.13. The first-order valence-corrected chi connectivity index (χ1v) is 8.93. The van der Waals surface area contributed by atoms with E-state index >= 15 is 0 Å². The van der Waals surface area contributed by atoms with E-state index < -0.39 is 0 Å². The lowest BCUT2D eigenvalue weighted by atomic mass is 10.0. The van der Waals surface area contributed by atoms with Crippen molar-refractivity contribution in [3.8, 4) is 0 Å². The van der Waals surface area contributed by atoms with Crippen LogP contribution in [-0.4, -0.2) is 16.3 Å². The second kappa shape index (κ2) is 8.11. The van der Waals surface area contributed by atoms with Gasteiger partial charge >= 0.3 is 0 Å². The summed E-state index contributed by atoms with van der Waals surface area (Å²) in [6.45, 7) is 6.20. The average Bonchev–Trinajstić information content (AvgIpc) is 2.86. The van der Waals surface area contributed by atoms with Gasteiger partial charge in [-0.3, -0.25) is 4.68 Å². The number of hydrogen-bond acceptors (Lipinski definition) is 2. The van der Waals surface area contributed by atoms with Crippen LogP contribution in [0.25, 0.3) is 0 Å². The smallest absolute Gasteiger partial charge is 0.0698 e. The molecule has 2 aromatic rings. The fraction of sp³-hybridized carbons (Fsp3) is 0.438. The molecule has 0 saturated heterocycles. The summed E-state index contributed by atoms with van der Waals surface area (Å²) in [6.07, 6.45) is 3.97. The Morgan fingerprint density at radius 2 is 1.90 bits per heavy atom. The van der Waals surface area contributed by atoms with Gasteiger partial charge in [0.25, 0.3) is 0 Å². The van der Waals surface area contributed by atoms with Gasteiger partial charge in [-0.15, -0.1) is 0 Å². The van der Waals surface area contributed by atoms with Crippen molar-refractivity contribution < 1.29 is 0 Å². The molecule has 1 atom stereocenters. The minimum atomic E-state index is 0.267. The van der Waals surface area contributed by atoms with E-state index in [2.05, 4.69) is 85.1 Å². The number of nitrogens with one attached hydrogen (secondary N) is 1. The molecule has 1 aromatic heterocycles. The third-order valence-corrected chi connectivity index (χ3v) is 4.60. The summed E-state index contributed by atoms with van der Waals surface area (Å²) < 4.78 is 4.26. The van der Waals surface area contributed by atoms with Crippen LogP contribution in [0.4, 0.5) is 0 Å². The Morgan fingerprint density at radius 3 is 2.52 bits per heavy atom. The van der Waals surface area contributed by atoms with Gasteiger partial charge in [0.1, 0.15) is 0 Å². The lowest BCUT2D eigenvalue weighted by Crippen LogP contribution is -2.27. The Hall–Kier alpha value is -0.650. The fourth-order valence-corrected chi connectivity index (χ4v) is 3.25. The van der Waals surface area contributed by atoms with E-state index in [9.17, 15) is 0 Å². The monoisotopic (exact) mass is 413 g/mol. The highest BCUT2D eigenvalue weighted by Gasteiger charge is 2.19. The Labute approximate surface area is 143 Å². The SMILES string of the molecule is CCCNC(Cc1ccc(Br)cc1)c1c(Br)cnn1CC. The minimum absolute atomic E-state index is 0.267. The standard InChI is InChI=1S/C16H21Br2N3/c1-3-9-19-15(10-12-5-7-13(17)8-6-12)16-14(18)11-20-21(16)4-2/h5-8,11,15,19H,3-4,9-10H2,1-2H3. The molecule has 0 fully saturated rings. The lowest BCUT2D eigenvalue weighted by molar-refractivity contribution is 0.477. The maximum atomic E-state index is 4.44. The van der Waals surface area contributed by atoms with Crippen molar-refractivity contribution in [1.82, 2.24) is 15.1 Å². The summed E-state index contributed by atoms with van der Waals surface area (Å²) in [7, 11) is 0. The number of nitrogens with zero attached hydrogens (tertiary/aromatic N) is 2. The summed E-state index contributed by atoms with van der Waals surface area (Å²) in [4.78, 5) is 0. The van der Waals surface area contributed by atoms with Crippen molar-refractivity contribution in [1.29, 1.82) is 0 Å². The summed E-state index contributed by atoms with van der Waals surface area (Å²) in [5.41, 5.74) is 2.55. The van der Waals surface area contributed by atoms with E-state index in [1.54, 1.807) is 0 Å². The van der Waals surface area contributed by atoms with Crippen molar-refractivity contribution in [2.24, 2.45) is 0 Å². The number of hydrogen-bond donors (Lipinski definition) is 1. The Balaban J connectivity index is 2.25. The zero-order chi connectivity index (χ0) is 15.2. The van der Waals surface area contributed by atoms with Crippen LogP contribution in [0.5, 0.6) is 0 Å². The molecular weight excluding hydrogens is 394 g/mol. The molecule has 0 aliphatic carbocycles. The number of rotatable bonds is 7.